The van der Waals surface area contributed by atoms with Crippen LogP contribution in [0.4, 0.5) is 0 Å². The third kappa shape index (κ3) is 5.20. The third-order valence-electron chi connectivity index (χ3n) is 4.67. The van der Waals surface area contributed by atoms with E-state index in [-0.39, 0.29) is 19.6 Å². The number of esters is 3. The van der Waals surface area contributed by atoms with Gasteiger partial charge in [-0.15, -0.1) is 0 Å². The molecule has 0 atom stereocenters. The fourth-order valence-corrected chi connectivity index (χ4v) is 3.49. The Morgan fingerprint density at radius 3 is 2.07 bits per heavy atom. The van der Waals surface area contributed by atoms with Gasteiger partial charge in [-0.05, 0) is 46.2 Å². The first kappa shape index (κ1) is 23.4. The van der Waals surface area contributed by atoms with E-state index < -0.39 is 35.3 Å². The van der Waals surface area contributed by atoms with Crippen molar-refractivity contribution in [1.82, 2.24) is 4.57 Å². The van der Waals surface area contributed by atoms with Crippen LogP contribution in [0.2, 0.25) is 0 Å². The average Bonchev–Trinajstić information content (AvgIpc) is 2.96. The zero-order valence-corrected chi connectivity index (χ0v) is 18.6. The van der Waals surface area contributed by atoms with Gasteiger partial charge >= 0.3 is 17.9 Å². The van der Waals surface area contributed by atoms with Crippen LogP contribution < -0.4 is 0 Å². The summed E-state index contributed by atoms with van der Waals surface area (Å²) in [5.41, 5.74) is -0.895. The number of hydrogen-bond donors (Lipinski definition) is 0. The number of para-hydroxylation sites is 1. The number of fused-ring (bicyclic) bond motifs is 1. The monoisotopic (exact) mass is 417 g/mol. The summed E-state index contributed by atoms with van der Waals surface area (Å²) in [7, 11) is 1.89. The highest BCUT2D eigenvalue weighted by Gasteiger charge is 2.52. The van der Waals surface area contributed by atoms with Crippen molar-refractivity contribution in [2.24, 2.45) is 12.5 Å². The molecule has 7 heteroatoms. The molecule has 0 fully saturated rings. The second kappa shape index (κ2) is 9.32. The minimum Gasteiger partial charge on any atom is -0.465 e. The molecule has 0 aliphatic heterocycles. The van der Waals surface area contributed by atoms with Crippen molar-refractivity contribution in [2.75, 3.05) is 13.2 Å². The molecule has 30 heavy (non-hydrogen) atoms. The molecule has 1 aromatic heterocycles. The predicted octanol–water partition coefficient (Wildman–Crippen LogP) is 3.57. The van der Waals surface area contributed by atoms with Gasteiger partial charge in [0.25, 0.3) is 0 Å². The zero-order valence-electron chi connectivity index (χ0n) is 18.6. The highest BCUT2D eigenvalue weighted by atomic mass is 16.6. The third-order valence-corrected chi connectivity index (χ3v) is 4.67. The van der Waals surface area contributed by atoms with Crippen molar-refractivity contribution in [3.8, 4) is 0 Å². The lowest BCUT2D eigenvalue weighted by Gasteiger charge is -2.30. The lowest BCUT2D eigenvalue weighted by molar-refractivity contribution is -0.179. The molecule has 0 aliphatic rings. The highest BCUT2D eigenvalue weighted by Crippen LogP contribution is 2.35. The Balaban J connectivity index is 2.57. The zero-order chi connectivity index (χ0) is 22.5. The SMILES string of the molecule is CCOC(=O)C(CC(=O)OC(C)(C)C)(Cc1cn(C)c2ccccc12)C(=O)OCC. The summed E-state index contributed by atoms with van der Waals surface area (Å²) in [6, 6.07) is 7.66. The van der Waals surface area contributed by atoms with Crippen LogP contribution in [-0.4, -0.2) is 41.3 Å². The summed E-state index contributed by atoms with van der Waals surface area (Å²) in [6.45, 7) is 8.64. The molecule has 0 amide bonds. The summed E-state index contributed by atoms with van der Waals surface area (Å²) in [4.78, 5) is 38.9. The fraction of sp³-hybridized carbons (Fsp3) is 0.522. The molecule has 1 aromatic carbocycles. The molecule has 0 N–H and O–H groups in total. The Hall–Kier alpha value is -2.83. The largest absolute Gasteiger partial charge is 0.465 e. The van der Waals surface area contributed by atoms with Crippen molar-refractivity contribution in [2.45, 2.75) is 53.1 Å². The number of ether oxygens (including phenoxy) is 3. The summed E-state index contributed by atoms with van der Waals surface area (Å²) < 4.78 is 17.8. The molecule has 0 bridgehead atoms. The van der Waals surface area contributed by atoms with E-state index in [1.165, 1.54) is 0 Å². The van der Waals surface area contributed by atoms with Crippen molar-refractivity contribution in [3.05, 3.63) is 36.0 Å². The van der Waals surface area contributed by atoms with E-state index in [4.69, 9.17) is 14.2 Å². The molecule has 0 aliphatic carbocycles. The lowest BCUT2D eigenvalue weighted by Crippen LogP contribution is -2.46. The first-order valence-electron chi connectivity index (χ1n) is 10.1. The molecule has 164 valence electrons. The number of carbonyl (C=O) groups is 3. The maximum Gasteiger partial charge on any atom is 0.324 e. The standard InChI is InChI=1S/C23H31NO6/c1-7-28-20(26)23(21(27)29-8-2,14-19(25)30-22(3,4)5)13-16-15-24(6)18-12-10-9-11-17(16)18/h9-12,15H,7-8,13-14H2,1-6H3. The van der Waals surface area contributed by atoms with Crippen LogP contribution in [0.1, 0.15) is 46.6 Å². The second-order valence-corrected chi connectivity index (χ2v) is 8.25. The highest BCUT2D eigenvalue weighted by molar-refractivity contribution is 6.04. The van der Waals surface area contributed by atoms with Gasteiger partial charge in [-0.1, -0.05) is 18.2 Å². The predicted molar refractivity (Wildman–Crippen MR) is 113 cm³/mol. The average molecular weight is 418 g/mol. The van der Waals surface area contributed by atoms with E-state index in [1.807, 2.05) is 42.1 Å². The van der Waals surface area contributed by atoms with Crippen LogP contribution in [0, 0.1) is 5.41 Å². The molecular weight excluding hydrogens is 386 g/mol. The number of aryl methyl sites for hydroxylation is 1. The van der Waals surface area contributed by atoms with E-state index in [0.717, 1.165) is 16.5 Å². The molecule has 2 aromatic rings. The van der Waals surface area contributed by atoms with Crippen LogP contribution in [0.3, 0.4) is 0 Å². The van der Waals surface area contributed by atoms with E-state index in [2.05, 4.69) is 0 Å². The number of carbonyl (C=O) groups excluding carboxylic acids is 3. The number of nitrogens with zero attached hydrogens (tertiary/aromatic N) is 1. The van der Waals surface area contributed by atoms with Gasteiger partial charge < -0.3 is 18.8 Å². The Kier molecular flexibility index (Phi) is 7.29. The first-order valence-corrected chi connectivity index (χ1v) is 10.1. The summed E-state index contributed by atoms with van der Waals surface area (Å²) in [5, 5.41) is 0.891. The summed E-state index contributed by atoms with van der Waals surface area (Å²) in [5.74, 6) is -2.24. The van der Waals surface area contributed by atoms with E-state index in [1.54, 1.807) is 34.6 Å². The smallest absolute Gasteiger partial charge is 0.324 e. The Bertz CT molecular complexity index is 903. The maximum absolute atomic E-state index is 13.1. The van der Waals surface area contributed by atoms with Crippen molar-refractivity contribution < 1.29 is 28.6 Å². The molecule has 0 unspecified atom stereocenters. The molecule has 0 saturated heterocycles. The molecule has 2 rings (SSSR count). The van der Waals surface area contributed by atoms with Gasteiger partial charge in [-0.3, -0.25) is 14.4 Å². The molecule has 7 nitrogen and oxygen atoms in total. The minimum absolute atomic E-state index is 0.0364. The van der Waals surface area contributed by atoms with Crippen LogP contribution >= 0.6 is 0 Å². The van der Waals surface area contributed by atoms with Gasteiger partial charge in [-0.25, -0.2) is 0 Å². The molecule has 0 radical (unpaired) electrons. The van der Waals surface area contributed by atoms with Gasteiger partial charge in [0.05, 0.1) is 19.6 Å². The lowest BCUT2D eigenvalue weighted by atomic mass is 9.78. The molecule has 0 saturated carbocycles. The van der Waals surface area contributed by atoms with Gasteiger partial charge in [0.2, 0.25) is 0 Å². The quantitative estimate of drug-likeness (QED) is 0.371. The van der Waals surface area contributed by atoms with E-state index in [9.17, 15) is 14.4 Å². The van der Waals surface area contributed by atoms with Crippen molar-refractivity contribution in [3.63, 3.8) is 0 Å². The topological polar surface area (TPSA) is 83.8 Å². The number of aromatic nitrogens is 1. The van der Waals surface area contributed by atoms with Crippen LogP contribution in [0.25, 0.3) is 10.9 Å². The number of hydrogen-bond acceptors (Lipinski definition) is 6. The second-order valence-electron chi connectivity index (χ2n) is 8.25. The molecule has 1 heterocycles. The van der Waals surface area contributed by atoms with E-state index >= 15 is 0 Å². The van der Waals surface area contributed by atoms with Gasteiger partial charge in [0, 0.05) is 30.6 Å². The summed E-state index contributed by atoms with van der Waals surface area (Å²) >= 11 is 0. The minimum atomic E-state index is -1.83. The van der Waals surface area contributed by atoms with Crippen LogP contribution in [0.5, 0.6) is 0 Å². The van der Waals surface area contributed by atoms with Crippen molar-refractivity contribution in [1.29, 1.82) is 0 Å². The maximum atomic E-state index is 13.1. The number of rotatable bonds is 8. The Labute approximate surface area is 177 Å². The van der Waals surface area contributed by atoms with Gasteiger partial charge in [0.15, 0.2) is 5.41 Å². The first-order chi connectivity index (χ1) is 14.0. The van der Waals surface area contributed by atoms with Gasteiger partial charge in [-0.2, -0.15) is 0 Å². The van der Waals surface area contributed by atoms with Crippen LogP contribution in [-0.2, 0) is 42.1 Å². The summed E-state index contributed by atoms with van der Waals surface area (Å²) in [6.07, 6.45) is 1.35. The normalized spacial score (nSPS) is 11.9. The van der Waals surface area contributed by atoms with E-state index in [0.29, 0.717) is 0 Å². The van der Waals surface area contributed by atoms with Crippen molar-refractivity contribution >= 4 is 28.8 Å². The number of benzene rings is 1. The fourth-order valence-electron chi connectivity index (χ4n) is 3.49. The molecular formula is C23H31NO6. The van der Waals surface area contributed by atoms with Crippen LogP contribution in [0.15, 0.2) is 30.5 Å². The molecule has 0 spiro atoms. The van der Waals surface area contributed by atoms with Gasteiger partial charge in [0.1, 0.15) is 5.60 Å². The Morgan fingerprint density at radius 2 is 1.53 bits per heavy atom. The Morgan fingerprint density at radius 1 is 0.967 bits per heavy atom.